The number of amides is 1. The van der Waals surface area contributed by atoms with Crippen molar-refractivity contribution >= 4 is 34.0 Å². The van der Waals surface area contributed by atoms with Crippen LogP contribution in [-0.4, -0.2) is 25.9 Å². The molecule has 0 aromatic carbocycles. The summed E-state index contributed by atoms with van der Waals surface area (Å²) in [5.41, 5.74) is 0.179. The van der Waals surface area contributed by atoms with E-state index in [1.807, 2.05) is 13.0 Å². The summed E-state index contributed by atoms with van der Waals surface area (Å²) < 4.78 is 1.55. The first-order valence-electron chi connectivity index (χ1n) is 7.17. The topological polar surface area (TPSA) is 104 Å². The lowest BCUT2D eigenvalue weighted by molar-refractivity contribution is -0.115. The summed E-state index contributed by atoms with van der Waals surface area (Å²) in [5, 5.41) is 20.4. The molecule has 2 heterocycles. The molecule has 2 aromatic heterocycles. The number of nitrogens with one attached hydrogen (secondary N) is 2. The summed E-state index contributed by atoms with van der Waals surface area (Å²) in [7, 11) is 0. The Kier molecular flexibility index (Phi) is 6.01. The molecule has 0 bridgehead atoms. The van der Waals surface area contributed by atoms with Gasteiger partial charge in [-0.05, 0) is 24.8 Å². The highest BCUT2D eigenvalue weighted by atomic mass is 32.2. The molecule has 0 aliphatic carbocycles. The maximum atomic E-state index is 12.3. The smallest absolute Gasteiger partial charge is 0.316 e. The number of rotatable bonds is 7. The molecule has 0 fully saturated rings. The molecule has 2 rings (SSSR count). The molecular weight excluding hydrogens is 334 g/mol. The van der Waals surface area contributed by atoms with Gasteiger partial charge in [-0.25, -0.2) is 9.89 Å². The zero-order chi connectivity index (χ0) is 16.8. The standard InChI is InChI=1S/C14H17N5O2S2/c1-3-4-6-19-13(21)17-18-14(19)23-9(2)11(20)16-12-10(8-15)5-7-22-12/h5,7,9H,3-4,6H2,1-2H3,(H,16,20)(H,17,21)/t9-/m0/s1. The van der Waals surface area contributed by atoms with E-state index in [0.29, 0.717) is 22.3 Å². The number of thiophene rings is 1. The third-order valence-corrected chi connectivity index (χ3v) is 5.05. The number of unbranched alkanes of at least 4 members (excludes halogenated alkanes) is 1. The van der Waals surface area contributed by atoms with Crippen molar-refractivity contribution in [1.82, 2.24) is 14.8 Å². The van der Waals surface area contributed by atoms with Gasteiger partial charge in [0.05, 0.1) is 10.8 Å². The van der Waals surface area contributed by atoms with E-state index >= 15 is 0 Å². The van der Waals surface area contributed by atoms with Gasteiger partial charge < -0.3 is 5.32 Å². The minimum absolute atomic E-state index is 0.230. The molecule has 2 aromatic rings. The zero-order valence-corrected chi connectivity index (χ0v) is 14.5. The highest BCUT2D eigenvalue weighted by molar-refractivity contribution is 8.00. The Balaban J connectivity index is 2.04. The van der Waals surface area contributed by atoms with Gasteiger partial charge in [-0.1, -0.05) is 25.1 Å². The molecule has 0 spiro atoms. The molecule has 0 saturated carbocycles. The molecule has 1 amide bonds. The van der Waals surface area contributed by atoms with Crippen LogP contribution in [0.5, 0.6) is 0 Å². The number of hydrogen-bond acceptors (Lipinski definition) is 6. The Labute approximate surface area is 141 Å². The van der Waals surface area contributed by atoms with E-state index in [4.69, 9.17) is 5.26 Å². The van der Waals surface area contributed by atoms with Crippen LogP contribution in [-0.2, 0) is 11.3 Å². The molecule has 0 saturated heterocycles. The predicted molar refractivity (Wildman–Crippen MR) is 90.7 cm³/mol. The lowest BCUT2D eigenvalue weighted by Crippen LogP contribution is -2.24. The molecule has 0 unspecified atom stereocenters. The highest BCUT2D eigenvalue weighted by Gasteiger charge is 2.20. The van der Waals surface area contributed by atoms with E-state index in [2.05, 4.69) is 15.5 Å². The Morgan fingerprint density at radius 2 is 2.43 bits per heavy atom. The van der Waals surface area contributed by atoms with Gasteiger partial charge in [-0.2, -0.15) is 5.26 Å². The van der Waals surface area contributed by atoms with Crippen molar-refractivity contribution in [3.63, 3.8) is 0 Å². The molecule has 2 N–H and O–H groups in total. The maximum absolute atomic E-state index is 12.3. The van der Waals surface area contributed by atoms with Crippen LogP contribution in [0.3, 0.4) is 0 Å². The number of aromatic amines is 1. The third-order valence-electron chi connectivity index (χ3n) is 3.13. The fraction of sp³-hybridized carbons (Fsp3) is 0.429. The number of nitrogens with zero attached hydrogens (tertiary/aromatic N) is 3. The first kappa shape index (κ1) is 17.3. The van der Waals surface area contributed by atoms with Crippen LogP contribution in [0.1, 0.15) is 32.3 Å². The lowest BCUT2D eigenvalue weighted by Gasteiger charge is -2.11. The van der Waals surface area contributed by atoms with E-state index in [9.17, 15) is 9.59 Å². The van der Waals surface area contributed by atoms with Crippen molar-refractivity contribution in [2.75, 3.05) is 5.32 Å². The average Bonchev–Trinajstić information content (AvgIpc) is 3.12. The van der Waals surface area contributed by atoms with E-state index < -0.39 is 5.25 Å². The molecule has 0 radical (unpaired) electrons. The van der Waals surface area contributed by atoms with Gasteiger partial charge in [0.15, 0.2) is 5.16 Å². The molecule has 23 heavy (non-hydrogen) atoms. The predicted octanol–water partition coefficient (Wildman–Crippen LogP) is 2.42. The number of nitriles is 1. The number of carbonyl (C=O) groups excluding carboxylic acids is 1. The van der Waals surface area contributed by atoms with Gasteiger partial charge in [0.1, 0.15) is 11.1 Å². The van der Waals surface area contributed by atoms with Gasteiger partial charge >= 0.3 is 5.69 Å². The Morgan fingerprint density at radius 1 is 1.65 bits per heavy atom. The fourth-order valence-corrected chi connectivity index (χ4v) is 3.45. The van der Waals surface area contributed by atoms with Crippen LogP contribution in [0.2, 0.25) is 0 Å². The second kappa shape index (κ2) is 7.99. The number of aromatic nitrogens is 3. The van der Waals surface area contributed by atoms with Gasteiger partial charge in [0, 0.05) is 6.54 Å². The average molecular weight is 351 g/mol. The van der Waals surface area contributed by atoms with Crippen molar-refractivity contribution in [1.29, 1.82) is 5.26 Å². The summed E-state index contributed by atoms with van der Waals surface area (Å²) in [6.45, 7) is 4.36. The Bertz CT molecular complexity index is 771. The molecular formula is C14H17N5O2S2. The normalized spacial score (nSPS) is 11.9. The van der Waals surface area contributed by atoms with Crippen LogP contribution in [0.15, 0.2) is 21.4 Å². The summed E-state index contributed by atoms with van der Waals surface area (Å²) in [6, 6.07) is 3.69. The lowest BCUT2D eigenvalue weighted by atomic mass is 10.3. The molecule has 7 nitrogen and oxygen atoms in total. The maximum Gasteiger partial charge on any atom is 0.343 e. The third kappa shape index (κ3) is 4.24. The SMILES string of the molecule is CCCCn1c(S[C@@H](C)C(=O)Nc2sccc2C#N)n[nH]c1=O. The van der Waals surface area contributed by atoms with Crippen molar-refractivity contribution < 1.29 is 4.79 Å². The second-order valence-electron chi connectivity index (χ2n) is 4.84. The van der Waals surface area contributed by atoms with Gasteiger partial charge in [0.25, 0.3) is 0 Å². The summed E-state index contributed by atoms with van der Waals surface area (Å²) in [6.07, 6.45) is 1.83. The summed E-state index contributed by atoms with van der Waals surface area (Å²) in [5.74, 6) is -0.230. The minimum atomic E-state index is -0.445. The summed E-state index contributed by atoms with van der Waals surface area (Å²) >= 11 is 2.52. The Morgan fingerprint density at radius 3 is 3.13 bits per heavy atom. The quantitative estimate of drug-likeness (QED) is 0.746. The number of hydrogen-bond donors (Lipinski definition) is 2. The molecule has 0 aliphatic rings. The molecule has 9 heteroatoms. The second-order valence-corrected chi connectivity index (χ2v) is 7.07. The summed E-state index contributed by atoms with van der Waals surface area (Å²) in [4.78, 5) is 24.0. The van der Waals surface area contributed by atoms with Crippen molar-refractivity contribution in [3.05, 3.63) is 27.5 Å². The largest absolute Gasteiger partial charge is 0.343 e. The Hall–Kier alpha value is -2.05. The zero-order valence-electron chi connectivity index (χ0n) is 12.8. The van der Waals surface area contributed by atoms with Crippen LogP contribution in [0, 0.1) is 11.3 Å². The van der Waals surface area contributed by atoms with Crippen LogP contribution < -0.4 is 11.0 Å². The highest BCUT2D eigenvalue weighted by Crippen LogP contribution is 2.25. The van der Waals surface area contributed by atoms with Crippen LogP contribution >= 0.6 is 23.1 Å². The van der Waals surface area contributed by atoms with Gasteiger partial charge in [-0.15, -0.1) is 16.4 Å². The van der Waals surface area contributed by atoms with E-state index in [1.54, 1.807) is 22.9 Å². The van der Waals surface area contributed by atoms with E-state index in [-0.39, 0.29) is 11.6 Å². The number of anilines is 1. The number of H-pyrrole nitrogens is 1. The molecule has 0 aliphatic heterocycles. The monoisotopic (exact) mass is 351 g/mol. The van der Waals surface area contributed by atoms with Crippen molar-refractivity contribution in [2.24, 2.45) is 0 Å². The molecule has 1 atom stereocenters. The minimum Gasteiger partial charge on any atom is -0.316 e. The van der Waals surface area contributed by atoms with Gasteiger partial charge in [-0.3, -0.25) is 9.36 Å². The first-order chi connectivity index (χ1) is 11.1. The van der Waals surface area contributed by atoms with Crippen LogP contribution in [0.25, 0.3) is 0 Å². The first-order valence-corrected chi connectivity index (χ1v) is 8.93. The van der Waals surface area contributed by atoms with Crippen molar-refractivity contribution in [3.8, 4) is 6.07 Å². The van der Waals surface area contributed by atoms with Crippen LogP contribution in [0.4, 0.5) is 5.00 Å². The fourth-order valence-electron chi connectivity index (χ4n) is 1.83. The molecule has 122 valence electrons. The van der Waals surface area contributed by atoms with E-state index in [1.165, 1.54) is 23.1 Å². The number of thioether (sulfide) groups is 1. The number of carbonyl (C=O) groups is 1. The van der Waals surface area contributed by atoms with E-state index in [0.717, 1.165) is 12.8 Å². The van der Waals surface area contributed by atoms with Crippen molar-refractivity contribution in [2.45, 2.75) is 43.6 Å². The van der Waals surface area contributed by atoms with Gasteiger partial charge in [0.2, 0.25) is 5.91 Å².